The lowest BCUT2D eigenvalue weighted by Crippen LogP contribution is -1.92. The second kappa shape index (κ2) is 7.73. The smallest absolute Gasteiger partial charge is 0.139 e. The summed E-state index contributed by atoms with van der Waals surface area (Å²) >= 11 is 7.28. The van der Waals surface area contributed by atoms with Crippen LogP contribution >= 0.6 is 31.9 Å². The fourth-order valence-corrected chi connectivity index (χ4v) is 4.78. The largest absolute Gasteiger partial charge is 0.338 e. The Labute approximate surface area is 201 Å². The number of aromatic nitrogens is 4. The Bertz CT molecular complexity index is 1430. The number of fused-ring (bicyclic) bond motifs is 2. The molecular weight excluding hydrogens is 528 g/mol. The summed E-state index contributed by atoms with van der Waals surface area (Å²) in [5, 5.41) is 0. The Morgan fingerprint density at radius 2 is 0.938 bits per heavy atom. The van der Waals surface area contributed by atoms with Gasteiger partial charge in [0.05, 0.1) is 22.1 Å². The van der Waals surface area contributed by atoms with E-state index in [1.54, 1.807) is 0 Å². The molecule has 0 aliphatic heterocycles. The fraction of sp³-hybridized carbons (Fsp3) is 0. The molecule has 0 amide bonds. The quantitative estimate of drug-likeness (QED) is 0.238. The van der Waals surface area contributed by atoms with Crippen LogP contribution < -0.4 is 0 Å². The number of aromatic amines is 2. The predicted octanol–water partition coefficient (Wildman–Crippen LogP) is 7.97. The van der Waals surface area contributed by atoms with Crippen LogP contribution in [0.4, 0.5) is 0 Å². The van der Waals surface area contributed by atoms with Crippen molar-refractivity contribution >= 4 is 53.9 Å². The average molecular weight is 544 g/mol. The maximum atomic E-state index is 4.86. The zero-order valence-electron chi connectivity index (χ0n) is 16.7. The van der Waals surface area contributed by atoms with Crippen LogP contribution in [0.1, 0.15) is 0 Å². The van der Waals surface area contributed by atoms with Gasteiger partial charge in [-0.3, -0.25) is 0 Å². The number of imidazole rings is 2. The van der Waals surface area contributed by atoms with Crippen LogP contribution in [-0.2, 0) is 0 Å². The third kappa shape index (κ3) is 3.36. The van der Waals surface area contributed by atoms with Crippen molar-refractivity contribution in [2.45, 2.75) is 0 Å². The van der Waals surface area contributed by atoms with Crippen LogP contribution in [0, 0.1) is 0 Å². The Morgan fingerprint density at radius 1 is 0.500 bits per heavy atom. The van der Waals surface area contributed by atoms with Crippen LogP contribution in [0.25, 0.3) is 56.0 Å². The molecule has 0 aliphatic rings. The Balaban J connectivity index is 1.59. The van der Waals surface area contributed by atoms with Crippen LogP contribution in [0.5, 0.6) is 0 Å². The molecule has 32 heavy (non-hydrogen) atoms. The minimum absolute atomic E-state index is 0.834. The highest BCUT2D eigenvalue weighted by Gasteiger charge is 2.18. The van der Waals surface area contributed by atoms with Gasteiger partial charge in [0, 0.05) is 20.1 Å². The number of para-hydroxylation sites is 4. The van der Waals surface area contributed by atoms with Crippen molar-refractivity contribution in [1.29, 1.82) is 0 Å². The van der Waals surface area contributed by atoms with Gasteiger partial charge in [-0.15, -0.1) is 0 Å². The Kier molecular flexibility index (Phi) is 4.70. The second-order valence-corrected chi connectivity index (χ2v) is 9.42. The van der Waals surface area contributed by atoms with Gasteiger partial charge >= 0.3 is 0 Å². The molecule has 154 valence electrons. The fourth-order valence-electron chi connectivity index (χ4n) is 4.06. The van der Waals surface area contributed by atoms with Crippen molar-refractivity contribution in [2.24, 2.45) is 0 Å². The molecule has 0 unspecified atom stereocenters. The summed E-state index contributed by atoms with van der Waals surface area (Å²) in [4.78, 5) is 16.7. The van der Waals surface area contributed by atoms with Crippen molar-refractivity contribution in [2.75, 3.05) is 0 Å². The Hall–Kier alpha value is -3.22. The lowest BCUT2D eigenvalue weighted by Gasteiger charge is -2.13. The first-order chi connectivity index (χ1) is 15.7. The van der Waals surface area contributed by atoms with Gasteiger partial charge < -0.3 is 9.97 Å². The molecule has 0 aliphatic carbocycles. The third-order valence-electron chi connectivity index (χ3n) is 5.54. The van der Waals surface area contributed by atoms with Gasteiger partial charge in [0.25, 0.3) is 0 Å². The SMILES string of the molecule is Brc1ccc(-c2ccc(Br)cc2-c2nc3ccccc3[nH]2)c(-c2nc3ccccc3[nH]2)c1. The number of halogens is 2. The minimum atomic E-state index is 0.834. The third-order valence-corrected chi connectivity index (χ3v) is 6.53. The van der Waals surface area contributed by atoms with Gasteiger partial charge in [-0.1, -0.05) is 68.3 Å². The number of hydrogen-bond donors (Lipinski definition) is 2. The zero-order chi connectivity index (χ0) is 21.7. The topological polar surface area (TPSA) is 57.4 Å². The van der Waals surface area contributed by atoms with Crippen LogP contribution in [0.2, 0.25) is 0 Å². The summed E-state index contributed by atoms with van der Waals surface area (Å²) in [6.07, 6.45) is 0. The summed E-state index contributed by atoms with van der Waals surface area (Å²) in [6, 6.07) is 28.8. The zero-order valence-corrected chi connectivity index (χ0v) is 19.9. The number of nitrogens with zero attached hydrogens (tertiary/aromatic N) is 2. The first kappa shape index (κ1) is 19.5. The molecule has 0 bridgehead atoms. The van der Waals surface area contributed by atoms with Crippen LogP contribution in [-0.4, -0.2) is 19.9 Å². The molecule has 6 heteroatoms. The molecular formula is C26H16Br2N4. The molecule has 0 atom stereocenters. The summed E-state index contributed by atoms with van der Waals surface area (Å²) in [5.74, 6) is 1.67. The molecule has 2 N–H and O–H groups in total. The van der Waals surface area contributed by atoms with E-state index >= 15 is 0 Å². The normalized spacial score (nSPS) is 11.4. The molecule has 0 saturated carbocycles. The van der Waals surface area contributed by atoms with Crippen molar-refractivity contribution in [3.8, 4) is 33.9 Å². The molecule has 4 nitrogen and oxygen atoms in total. The van der Waals surface area contributed by atoms with E-state index in [4.69, 9.17) is 9.97 Å². The maximum Gasteiger partial charge on any atom is 0.139 e. The lowest BCUT2D eigenvalue weighted by atomic mass is 9.94. The first-order valence-corrected chi connectivity index (χ1v) is 11.7. The molecule has 6 aromatic rings. The number of hydrogen-bond acceptors (Lipinski definition) is 2. The van der Waals surface area contributed by atoms with Gasteiger partial charge in [0.1, 0.15) is 11.6 Å². The minimum Gasteiger partial charge on any atom is -0.338 e. The highest BCUT2D eigenvalue weighted by Crippen LogP contribution is 2.40. The summed E-state index contributed by atoms with van der Waals surface area (Å²) < 4.78 is 2.00. The second-order valence-electron chi connectivity index (χ2n) is 7.58. The Morgan fingerprint density at radius 3 is 1.38 bits per heavy atom. The lowest BCUT2D eigenvalue weighted by molar-refractivity contribution is 1.32. The molecule has 2 heterocycles. The maximum absolute atomic E-state index is 4.86. The monoisotopic (exact) mass is 542 g/mol. The number of rotatable bonds is 3. The molecule has 0 spiro atoms. The summed E-state index contributed by atoms with van der Waals surface area (Å²) in [7, 11) is 0. The predicted molar refractivity (Wildman–Crippen MR) is 137 cm³/mol. The van der Waals surface area contributed by atoms with E-state index in [1.807, 2.05) is 48.5 Å². The highest BCUT2D eigenvalue weighted by atomic mass is 79.9. The summed E-state index contributed by atoms with van der Waals surface area (Å²) in [6.45, 7) is 0. The van der Waals surface area contributed by atoms with E-state index in [2.05, 4.69) is 78.2 Å². The van der Waals surface area contributed by atoms with E-state index in [9.17, 15) is 0 Å². The molecule has 6 rings (SSSR count). The highest BCUT2D eigenvalue weighted by molar-refractivity contribution is 9.10. The van der Waals surface area contributed by atoms with E-state index in [0.717, 1.165) is 64.9 Å². The van der Waals surface area contributed by atoms with Gasteiger partial charge in [-0.25, -0.2) is 9.97 Å². The molecule has 0 radical (unpaired) electrons. The van der Waals surface area contributed by atoms with Crippen molar-refractivity contribution < 1.29 is 0 Å². The van der Waals surface area contributed by atoms with Crippen LogP contribution in [0.15, 0.2) is 93.9 Å². The number of nitrogens with one attached hydrogen (secondary N) is 2. The van der Waals surface area contributed by atoms with Crippen molar-refractivity contribution in [1.82, 2.24) is 19.9 Å². The van der Waals surface area contributed by atoms with Gasteiger partial charge in [-0.2, -0.15) is 0 Å². The van der Waals surface area contributed by atoms with Gasteiger partial charge in [0.15, 0.2) is 0 Å². The van der Waals surface area contributed by atoms with E-state index in [1.165, 1.54) is 0 Å². The van der Waals surface area contributed by atoms with Gasteiger partial charge in [0.2, 0.25) is 0 Å². The molecule has 0 saturated heterocycles. The van der Waals surface area contributed by atoms with E-state index in [-0.39, 0.29) is 0 Å². The number of benzene rings is 4. The summed E-state index contributed by atoms with van der Waals surface area (Å²) in [5.41, 5.74) is 8.13. The van der Waals surface area contributed by atoms with Crippen LogP contribution in [0.3, 0.4) is 0 Å². The van der Waals surface area contributed by atoms with Crippen molar-refractivity contribution in [3.05, 3.63) is 93.9 Å². The number of H-pyrrole nitrogens is 2. The van der Waals surface area contributed by atoms with E-state index < -0.39 is 0 Å². The first-order valence-electron chi connectivity index (χ1n) is 10.2. The molecule has 2 aromatic heterocycles. The molecule has 4 aromatic carbocycles. The average Bonchev–Trinajstić information content (AvgIpc) is 3.43. The molecule has 0 fully saturated rings. The van der Waals surface area contributed by atoms with Crippen molar-refractivity contribution in [3.63, 3.8) is 0 Å². The standard InChI is InChI=1S/C26H16Br2N4/c27-15-9-11-17(19(13-15)25-29-21-5-1-2-6-22(21)30-25)18-12-10-16(28)14-20(18)26-31-23-7-3-4-8-24(23)32-26/h1-14H,(H,29,30)(H,31,32). The van der Waals surface area contributed by atoms with E-state index in [0.29, 0.717) is 0 Å². The van der Waals surface area contributed by atoms with Gasteiger partial charge in [-0.05, 0) is 59.7 Å².